The van der Waals surface area contributed by atoms with Crippen LogP contribution in [0.15, 0.2) is 58.0 Å². The molecule has 0 aliphatic carbocycles. The van der Waals surface area contributed by atoms with Gasteiger partial charge in [-0.1, -0.05) is 5.16 Å². The molecule has 3 aromatic heterocycles. The summed E-state index contributed by atoms with van der Waals surface area (Å²) in [6.07, 6.45) is 4.35. The molecule has 0 amide bonds. The van der Waals surface area contributed by atoms with Crippen LogP contribution in [0, 0.1) is 10.1 Å². The van der Waals surface area contributed by atoms with Gasteiger partial charge in [0.05, 0.1) is 16.7 Å². The van der Waals surface area contributed by atoms with Gasteiger partial charge in [-0.2, -0.15) is 4.98 Å². The van der Waals surface area contributed by atoms with Crippen molar-refractivity contribution in [1.29, 1.82) is 0 Å². The van der Waals surface area contributed by atoms with Gasteiger partial charge in [0.15, 0.2) is 11.5 Å². The number of phenolic OH excluding ortho intramolecular Hbond substituents is 2. The van der Waals surface area contributed by atoms with Crippen LogP contribution in [0.2, 0.25) is 0 Å². The van der Waals surface area contributed by atoms with Crippen LogP contribution in [-0.2, 0) is 0 Å². The minimum Gasteiger partial charge on any atom is -0.504 e. The third-order valence-electron chi connectivity index (χ3n) is 3.65. The second kappa shape index (κ2) is 6.72. The Balaban J connectivity index is 1.66. The first kappa shape index (κ1) is 17.0. The van der Waals surface area contributed by atoms with Crippen LogP contribution in [0.3, 0.4) is 0 Å². The SMILES string of the molecule is O=[N+]([O-])c1cc(-c2nc(-c3ccnc(Oc4ccoc4)c3)no2)cc(O)c1O. The fraction of sp³-hybridized carbons (Fsp3) is 0. The lowest BCUT2D eigenvalue weighted by Crippen LogP contribution is -1.90. The van der Waals surface area contributed by atoms with Gasteiger partial charge in [-0.15, -0.1) is 0 Å². The molecule has 28 heavy (non-hydrogen) atoms. The fourth-order valence-electron chi connectivity index (χ4n) is 2.36. The van der Waals surface area contributed by atoms with Crippen molar-refractivity contribution in [2.24, 2.45) is 0 Å². The summed E-state index contributed by atoms with van der Waals surface area (Å²) < 4.78 is 15.6. The molecule has 4 rings (SSSR count). The minimum atomic E-state index is -0.844. The quantitative estimate of drug-likeness (QED) is 0.297. The Hall–Kier alpha value is -4.41. The summed E-state index contributed by atoms with van der Waals surface area (Å²) in [5.74, 6) is -0.701. The van der Waals surface area contributed by atoms with E-state index in [1.54, 1.807) is 18.2 Å². The molecule has 0 radical (unpaired) electrons. The Morgan fingerprint density at radius 1 is 1.14 bits per heavy atom. The summed E-state index contributed by atoms with van der Waals surface area (Å²) in [5.41, 5.74) is -0.0971. The minimum absolute atomic E-state index is 0.0738. The van der Waals surface area contributed by atoms with E-state index in [4.69, 9.17) is 13.7 Å². The van der Waals surface area contributed by atoms with Gasteiger partial charge in [-0.25, -0.2) is 4.98 Å². The van der Waals surface area contributed by atoms with E-state index in [1.165, 1.54) is 18.7 Å². The number of nitro groups is 1. The highest BCUT2D eigenvalue weighted by Crippen LogP contribution is 2.39. The summed E-state index contributed by atoms with van der Waals surface area (Å²) in [6.45, 7) is 0. The number of benzene rings is 1. The molecular formula is C17H10N4O7. The average molecular weight is 382 g/mol. The molecule has 0 atom stereocenters. The molecule has 0 spiro atoms. The van der Waals surface area contributed by atoms with E-state index in [1.807, 2.05) is 0 Å². The highest BCUT2D eigenvalue weighted by atomic mass is 16.6. The first-order valence-corrected chi connectivity index (χ1v) is 7.72. The maximum Gasteiger partial charge on any atom is 0.315 e. The van der Waals surface area contributed by atoms with Crippen molar-refractivity contribution in [2.45, 2.75) is 0 Å². The summed E-state index contributed by atoms with van der Waals surface area (Å²) in [5, 5.41) is 34.1. The second-order valence-electron chi connectivity index (χ2n) is 5.49. The van der Waals surface area contributed by atoms with Crippen LogP contribution in [-0.4, -0.2) is 30.3 Å². The number of rotatable bonds is 5. The molecule has 1 aromatic carbocycles. The highest BCUT2D eigenvalue weighted by molar-refractivity contribution is 5.68. The van der Waals surface area contributed by atoms with Crippen LogP contribution in [0.5, 0.6) is 23.1 Å². The molecular weight excluding hydrogens is 372 g/mol. The van der Waals surface area contributed by atoms with Gasteiger partial charge in [0.25, 0.3) is 5.89 Å². The number of furan rings is 1. The number of aromatic nitrogens is 3. The van der Waals surface area contributed by atoms with Crippen molar-refractivity contribution in [2.75, 3.05) is 0 Å². The van der Waals surface area contributed by atoms with Gasteiger partial charge in [0.1, 0.15) is 6.26 Å². The molecule has 2 N–H and O–H groups in total. The van der Waals surface area contributed by atoms with Crippen LogP contribution in [0.1, 0.15) is 0 Å². The zero-order valence-corrected chi connectivity index (χ0v) is 13.8. The molecule has 0 aliphatic rings. The van der Waals surface area contributed by atoms with Crippen LogP contribution >= 0.6 is 0 Å². The molecule has 0 aliphatic heterocycles. The smallest absolute Gasteiger partial charge is 0.315 e. The van der Waals surface area contributed by atoms with Gasteiger partial charge in [0.2, 0.25) is 17.5 Å². The van der Waals surface area contributed by atoms with Crippen molar-refractivity contribution in [1.82, 2.24) is 15.1 Å². The fourth-order valence-corrected chi connectivity index (χ4v) is 2.36. The standard InChI is InChI=1S/C17H10N4O7/c22-13-6-10(5-12(15(13)23)21(24)25)17-19-16(20-28-17)9-1-3-18-14(7-9)27-11-2-4-26-8-11/h1-8,22-23H. The lowest BCUT2D eigenvalue weighted by molar-refractivity contribution is -0.385. The van der Waals surface area contributed by atoms with Gasteiger partial charge in [-0.05, 0) is 12.1 Å². The molecule has 140 valence electrons. The molecule has 11 nitrogen and oxygen atoms in total. The number of hydrogen-bond donors (Lipinski definition) is 2. The number of ether oxygens (including phenoxy) is 1. The molecule has 0 saturated carbocycles. The van der Waals surface area contributed by atoms with Gasteiger partial charge in [0, 0.05) is 30.0 Å². The van der Waals surface area contributed by atoms with E-state index in [2.05, 4.69) is 15.1 Å². The Bertz CT molecular complexity index is 1150. The number of aromatic hydroxyl groups is 2. The predicted molar refractivity (Wildman–Crippen MR) is 91.7 cm³/mol. The molecule has 0 unspecified atom stereocenters. The Morgan fingerprint density at radius 3 is 2.75 bits per heavy atom. The maximum absolute atomic E-state index is 11.0. The Kier molecular flexibility index (Phi) is 4.09. The summed E-state index contributed by atoms with van der Waals surface area (Å²) in [7, 11) is 0. The van der Waals surface area contributed by atoms with Crippen LogP contribution in [0.4, 0.5) is 5.69 Å². The lowest BCUT2D eigenvalue weighted by atomic mass is 10.1. The number of nitro benzene ring substituents is 1. The van der Waals surface area contributed by atoms with Crippen molar-refractivity contribution < 1.29 is 28.8 Å². The van der Waals surface area contributed by atoms with E-state index < -0.39 is 22.1 Å². The highest BCUT2D eigenvalue weighted by Gasteiger charge is 2.22. The molecule has 0 bridgehead atoms. The van der Waals surface area contributed by atoms with Crippen molar-refractivity contribution in [3.8, 4) is 46.0 Å². The predicted octanol–water partition coefficient (Wildman–Crippen LogP) is 3.50. The van der Waals surface area contributed by atoms with Crippen molar-refractivity contribution in [3.05, 3.63) is 59.2 Å². The van der Waals surface area contributed by atoms with E-state index >= 15 is 0 Å². The number of nitrogens with zero attached hydrogens (tertiary/aromatic N) is 4. The monoisotopic (exact) mass is 382 g/mol. The normalized spacial score (nSPS) is 10.7. The molecule has 4 aromatic rings. The summed E-state index contributed by atoms with van der Waals surface area (Å²) in [6, 6.07) is 6.91. The third-order valence-corrected chi connectivity index (χ3v) is 3.65. The Morgan fingerprint density at radius 2 is 2.00 bits per heavy atom. The van der Waals surface area contributed by atoms with Gasteiger partial charge < -0.3 is 23.9 Å². The molecule has 0 saturated heterocycles. The number of pyridine rings is 1. The van der Waals surface area contributed by atoms with Crippen molar-refractivity contribution >= 4 is 5.69 Å². The average Bonchev–Trinajstić information content (AvgIpc) is 3.36. The second-order valence-corrected chi connectivity index (χ2v) is 5.49. The molecule has 11 heteroatoms. The van der Waals surface area contributed by atoms with Crippen LogP contribution < -0.4 is 4.74 Å². The zero-order valence-electron chi connectivity index (χ0n) is 13.8. The van der Waals surface area contributed by atoms with Gasteiger partial charge in [-0.3, -0.25) is 10.1 Å². The largest absolute Gasteiger partial charge is 0.504 e. The number of phenols is 2. The summed E-state index contributed by atoms with van der Waals surface area (Å²) in [4.78, 5) is 18.4. The zero-order chi connectivity index (χ0) is 19.7. The molecule has 0 fully saturated rings. The number of hydrogen-bond acceptors (Lipinski definition) is 10. The van der Waals surface area contributed by atoms with E-state index in [-0.39, 0.29) is 23.2 Å². The summed E-state index contributed by atoms with van der Waals surface area (Å²) >= 11 is 0. The first-order chi connectivity index (χ1) is 13.5. The van der Waals surface area contributed by atoms with Crippen molar-refractivity contribution in [3.63, 3.8) is 0 Å². The maximum atomic E-state index is 11.0. The van der Waals surface area contributed by atoms with E-state index in [9.17, 15) is 20.3 Å². The topological polar surface area (TPSA) is 158 Å². The van der Waals surface area contributed by atoms with Crippen LogP contribution in [0.25, 0.3) is 22.8 Å². The van der Waals surface area contributed by atoms with Gasteiger partial charge >= 0.3 is 5.69 Å². The third kappa shape index (κ3) is 3.19. The Labute approximate surface area is 155 Å². The first-order valence-electron chi connectivity index (χ1n) is 7.72. The molecule has 3 heterocycles. The lowest BCUT2D eigenvalue weighted by Gasteiger charge is -2.02. The van der Waals surface area contributed by atoms with E-state index in [0.29, 0.717) is 11.3 Å². The van der Waals surface area contributed by atoms with E-state index in [0.717, 1.165) is 12.1 Å².